The lowest BCUT2D eigenvalue weighted by Crippen LogP contribution is -2.48. The molecule has 1 N–H and O–H groups in total. The summed E-state index contributed by atoms with van der Waals surface area (Å²) in [5.74, 6) is 0. The summed E-state index contributed by atoms with van der Waals surface area (Å²) in [7, 11) is -3.37. The fourth-order valence-electron chi connectivity index (χ4n) is 2.38. The van der Waals surface area contributed by atoms with E-state index in [1.807, 2.05) is 13.8 Å². The number of hydrogen-bond donors (Lipinski definition) is 1. The summed E-state index contributed by atoms with van der Waals surface area (Å²) < 4.78 is 28.4. The van der Waals surface area contributed by atoms with Crippen molar-refractivity contribution in [1.29, 1.82) is 0 Å². The molecule has 7 heteroatoms. The zero-order valence-electron chi connectivity index (χ0n) is 11.1. The molecule has 0 amide bonds. The number of halogens is 1. The molecule has 19 heavy (non-hydrogen) atoms. The first kappa shape index (κ1) is 15.4. The molecule has 0 radical (unpaired) electrons. The van der Waals surface area contributed by atoms with E-state index in [0.717, 1.165) is 35.3 Å². The maximum Gasteiger partial charge on any atom is 0.252 e. The molecule has 1 aliphatic heterocycles. The second-order valence-corrected chi connectivity index (χ2v) is 9.22. The lowest BCUT2D eigenvalue weighted by molar-refractivity contribution is 0.275. The van der Waals surface area contributed by atoms with Crippen LogP contribution in [0.4, 0.5) is 0 Å². The first-order valence-corrected chi connectivity index (χ1v) is 9.50. The number of nitrogens with one attached hydrogen (secondary N) is 1. The van der Waals surface area contributed by atoms with E-state index < -0.39 is 10.0 Å². The van der Waals surface area contributed by atoms with Gasteiger partial charge in [-0.15, -0.1) is 11.3 Å². The van der Waals surface area contributed by atoms with Gasteiger partial charge in [-0.25, -0.2) is 8.42 Å². The van der Waals surface area contributed by atoms with Crippen molar-refractivity contribution in [3.8, 4) is 0 Å². The molecule has 1 aromatic rings. The zero-order valence-corrected chi connectivity index (χ0v) is 14.4. The van der Waals surface area contributed by atoms with Gasteiger partial charge in [0.25, 0.3) is 10.0 Å². The van der Waals surface area contributed by atoms with Crippen LogP contribution < -0.4 is 5.32 Å². The fourth-order valence-corrected chi connectivity index (χ4v) is 6.40. The van der Waals surface area contributed by atoms with Crippen molar-refractivity contribution >= 4 is 37.3 Å². The van der Waals surface area contributed by atoms with Crippen LogP contribution in [0.25, 0.3) is 0 Å². The summed E-state index contributed by atoms with van der Waals surface area (Å²) in [5.41, 5.74) is 0.974. The van der Waals surface area contributed by atoms with Crippen molar-refractivity contribution in [3.63, 3.8) is 0 Å². The van der Waals surface area contributed by atoms with Crippen LogP contribution in [0.2, 0.25) is 0 Å². The lowest BCUT2D eigenvalue weighted by Gasteiger charge is -2.32. The highest BCUT2D eigenvalue weighted by atomic mass is 79.9. The summed E-state index contributed by atoms with van der Waals surface area (Å²) in [6.07, 6.45) is 1.97. The quantitative estimate of drug-likeness (QED) is 0.890. The fraction of sp³-hybridized carbons (Fsp3) is 0.667. The summed E-state index contributed by atoms with van der Waals surface area (Å²) in [5, 5.41) is 3.28. The Hall–Kier alpha value is 0.0500. The van der Waals surface area contributed by atoms with Gasteiger partial charge < -0.3 is 5.32 Å². The molecule has 0 saturated carbocycles. The van der Waals surface area contributed by atoms with Crippen LogP contribution in [-0.2, 0) is 10.0 Å². The van der Waals surface area contributed by atoms with Crippen molar-refractivity contribution in [2.24, 2.45) is 0 Å². The van der Waals surface area contributed by atoms with Gasteiger partial charge in [-0.05, 0) is 53.9 Å². The summed E-state index contributed by atoms with van der Waals surface area (Å²) in [4.78, 5) is 0. The van der Waals surface area contributed by atoms with Gasteiger partial charge in [0.1, 0.15) is 4.21 Å². The van der Waals surface area contributed by atoms with E-state index in [1.165, 1.54) is 11.3 Å². The van der Waals surface area contributed by atoms with Crippen LogP contribution in [0, 0.1) is 6.92 Å². The predicted molar refractivity (Wildman–Crippen MR) is 82.2 cm³/mol. The molecule has 1 unspecified atom stereocenters. The average molecular weight is 367 g/mol. The van der Waals surface area contributed by atoms with Gasteiger partial charge in [-0.3, -0.25) is 0 Å². The maximum atomic E-state index is 12.7. The van der Waals surface area contributed by atoms with E-state index >= 15 is 0 Å². The number of hydrogen-bond acceptors (Lipinski definition) is 4. The Labute approximate surface area is 127 Å². The standard InChI is InChI=1S/C12H19BrN2O2S2/c1-3-15(10-5-4-6-14-8-10)19(16,17)11-7-9(2)12(13)18-11/h7,10,14H,3-6,8H2,1-2H3. The molecule has 0 aliphatic carbocycles. The molecule has 1 aliphatic rings. The molecule has 1 saturated heterocycles. The molecular weight excluding hydrogens is 348 g/mol. The number of nitrogens with zero attached hydrogens (tertiary/aromatic N) is 1. The monoisotopic (exact) mass is 366 g/mol. The van der Waals surface area contributed by atoms with E-state index in [9.17, 15) is 8.42 Å². The van der Waals surface area contributed by atoms with E-state index in [0.29, 0.717) is 10.8 Å². The normalized spacial score (nSPS) is 20.9. The van der Waals surface area contributed by atoms with E-state index in [-0.39, 0.29) is 6.04 Å². The third kappa shape index (κ3) is 3.21. The third-order valence-corrected chi connectivity index (χ3v) is 8.00. The van der Waals surface area contributed by atoms with Gasteiger partial charge in [0.15, 0.2) is 0 Å². The number of piperidine rings is 1. The predicted octanol–water partition coefficient (Wildman–Crippen LogP) is 2.58. The summed E-state index contributed by atoms with van der Waals surface area (Å²) >= 11 is 4.69. The van der Waals surface area contributed by atoms with Gasteiger partial charge in [-0.2, -0.15) is 4.31 Å². The number of rotatable bonds is 4. The van der Waals surface area contributed by atoms with Crippen LogP contribution >= 0.6 is 27.3 Å². The van der Waals surface area contributed by atoms with Crippen molar-refractivity contribution < 1.29 is 8.42 Å². The highest BCUT2D eigenvalue weighted by molar-refractivity contribution is 9.11. The van der Waals surface area contributed by atoms with Gasteiger partial charge >= 0.3 is 0 Å². The smallest absolute Gasteiger partial charge is 0.252 e. The molecular formula is C12H19BrN2O2S2. The second-order valence-electron chi connectivity index (χ2n) is 4.73. The molecule has 1 fully saturated rings. The Balaban J connectivity index is 2.29. The average Bonchev–Trinajstić information content (AvgIpc) is 2.72. The Morgan fingerprint density at radius 3 is 2.79 bits per heavy atom. The SMILES string of the molecule is CCN(C1CCCNC1)S(=O)(=O)c1cc(C)c(Br)s1. The summed E-state index contributed by atoms with van der Waals surface area (Å²) in [6.45, 7) is 6.07. The molecule has 2 heterocycles. The van der Waals surface area contributed by atoms with Crippen LogP contribution in [0.3, 0.4) is 0 Å². The largest absolute Gasteiger partial charge is 0.315 e. The van der Waals surface area contributed by atoms with Gasteiger partial charge in [0.05, 0.1) is 3.79 Å². The molecule has 4 nitrogen and oxygen atoms in total. The minimum absolute atomic E-state index is 0.0740. The Morgan fingerprint density at radius 2 is 2.32 bits per heavy atom. The second kappa shape index (κ2) is 6.22. The molecule has 1 aromatic heterocycles. The molecule has 0 bridgehead atoms. The summed E-state index contributed by atoms with van der Waals surface area (Å²) in [6, 6.07) is 1.83. The number of likely N-dealkylation sites (N-methyl/N-ethyl adjacent to an activating group) is 1. The molecule has 1 atom stereocenters. The highest BCUT2D eigenvalue weighted by Crippen LogP contribution is 2.33. The van der Waals surface area contributed by atoms with Crippen molar-refractivity contribution in [3.05, 3.63) is 15.4 Å². The van der Waals surface area contributed by atoms with Crippen LogP contribution in [0.5, 0.6) is 0 Å². The molecule has 0 spiro atoms. The maximum absolute atomic E-state index is 12.7. The number of thiophene rings is 1. The van der Waals surface area contributed by atoms with Crippen molar-refractivity contribution in [1.82, 2.24) is 9.62 Å². The van der Waals surface area contributed by atoms with Crippen LogP contribution in [-0.4, -0.2) is 38.4 Å². The Morgan fingerprint density at radius 1 is 1.58 bits per heavy atom. The Bertz CT molecular complexity index is 516. The molecule has 0 aromatic carbocycles. The van der Waals surface area contributed by atoms with Crippen molar-refractivity contribution in [2.45, 2.75) is 36.9 Å². The zero-order chi connectivity index (χ0) is 14.0. The van der Waals surface area contributed by atoms with Gasteiger partial charge in [0.2, 0.25) is 0 Å². The lowest BCUT2D eigenvalue weighted by atomic mass is 10.1. The van der Waals surface area contributed by atoms with Crippen molar-refractivity contribution in [2.75, 3.05) is 19.6 Å². The van der Waals surface area contributed by atoms with Gasteiger partial charge in [0, 0.05) is 19.1 Å². The minimum atomic E-state index is -3.37. The first-order chi connectivity index (χ1) is 8.96. The first-order valence-electron chi connectivity index (χ1n) is 6.45. The van der Waals surface area contributed by atoms with E-state index in [4.69, 9.17) is 0 Å². The Kier molecular flexibility index (Phi) is 5.05. The highest BCUT2D eigenvalue weighted by Gasteiger charge is 2.32. The molecule has 2 rings (SSSR count). The van der Waals surface area contributed by atoms with Crippen LogP contribution in [0.1, 0.15) is 25.3 Å². The van der Waals surface area contributed by atoms with Crippen LogP contribution in [0.15, 0.2) is 14.1 Å². The minimum Gasteiger partial charge on any atom is -0.315 e. The molecule has 108 valence electrons. The van der Waals surface area contributed by atoms with E-state index in [1.54, 1.807) is 10.4 Å². The van der Waals surface area contributed by atoms with E-state index in [2.05, 4.69) is 21.2 Å². The number of sulfonamides is 1. The van der Waals surface area contributed by atoms with Gasteiger partial charge in [-0.1, -0.05) is 6.92 Å². The number of aryl methyl sites for hydroxylation is 1. The topological polar surface area (TPSA) is 49.4 Å². The third-order valence-electron chi connectivity index (χ3n) is 3.39.